The van der Waals surface area contributed by atoms with Crippen molar-refractivity contribution in [3.8, 4) is 0 Å². The van der Waals surface area contributed by atoms with Gasteiger partial charge in [-0.2, -0.15) is 5.10 Å². The molecule has 16 heavy (non-hydrogen) atoms. The summed E-state index contributed by atoms with van der Waals surface area (Å²) in [7, 11) is -3.49. The van der Waals surface area contributed by atoms with Crippen molar-refractivity contribution < 1.29 is 8.42 Å². The summed E-state index contributed by atoms with van der Waals surface area (Å²) in [5.74, 6) is 0.353. The Morgan fingerprint density at radius 3 is 2.69 bits per heavy atom. The summed E-state index contributed by atoms with van der Waals surface area (Å²) in [5.41, 5.74) is 1.66. The lowest BCUT2D eigenvalue weighted by Gasteiger charge is -2.03. The molecule has 0 aromatic carbocycles. The molecule has 0 atom stereocenters. The third-order valence-electron chi connectivity index (χ3n) is 2.24. The highest BCUT2D eigenvalue weighted by Gasteiger charge is 2.18. The van der Waals surface area contributed by atoms with Crippen LogP contribution in [0.15, 0.2) is 21.7 Å². The summed E-state index contributed by atoms with van der Waals surface area (Å²) in [6, 6.07) is 3.25. The highest BCUT2D eigenvalue weighted by molar-refractivity contribution is 7.94. The Labute approximate surface area is 97.6 Å². The summed E-state index contributed by atoms with van der Waals surface area (Å²) in [6.07, 6.45) is 0. The van der Waals surface area contributed by atoms with E-state index in [0.29, 0.717) is 5.82 Å². The van der Waals surface area contributed by atoms with Crippen molar-refractivity contribution in [3.05, 3.63) is 28.8 Å². The van der Waals surface area contributed by atoms with Gasteiger partial charge >= 0.3 is 0 Å². The number of nitrogens with one attached hydrogen (secondary N) is 2. The zero-order valence-electron chi connectivity index (χ0n) is 8.81. The quantitative estimate of drug-likeness (QED) is 0.881. The standard InChI is InChI=1S/C9H11N3O2S2/c1-6-7(2)10-11-9(6)12-16(13,14)8-4-3-5-15-8/h3-5H,1-2H3,(H2,10,11,12). The van der Waals surface area contributed by atoms with Gasteiger partial charge in [0, 0.05) is 11.3 Å². The maximum Gasteiger partial charge on any atom is 0.272 e. The van der Waals surface area contributed by atoms with Crippen LogP contribution in [-0.4, -0.2) is 18.6 Å². The van der Waals surface area contributed by atoms with E-state index >= 15 is 0 Å². The van der Waals surface area contributed by atoms with E-state index in [-0.39, 0.29) is 4.21 Å². The third kappa shape index (κ3) is 1.96. The molecule has 0 fully saturated rings. The molecule has 0 bridgehead atoms. The molecule has 2 aromatic rings. The molecule has 0 spiro atoms. The van der Waals surface area contributed by atoms with Gasteiger partial charge in [-0.05, 0) is 25.3 Å². The van der Waals surface area contributed by atoms with Crippen LogP contribution in [0.4, 0.5) is 5.82 Å². The van der Waals surface area contributed by atoms with Crippen LogP contribution in [0.25, 0.3) is 0 Å². The van der Waals surface area contributed by atoms with Crippen LogP contribution in [-0.2, 0) is 10.0 Å². The molecule has 0 unspecified atom stereocenters. The van der Waals surface area contributed by atoms with Gasteiger partial charge in [0.15, 0.2) is 5.82 Å². The van der Waals surface area contributed by atoms with Crippen molar-refractivity contribution in [1.29, 1.82) is 0 Å². The number of sulfonamides is 1. The van der Waals surface area contributed by atoms with Crippen LogP contribution in [0, 0.1) is 13.8 Å². The zero-order valence-corrected chi connectivity index (χ0v) is 10.4. The van der Waals surface area contributed by atoms with Crippen LogP contribution in [0.5, 0.6) is 0 Å². The van der Waals surface area contributed by atoms with Gasteiger partial charge in [0.2, 0.25) is 0 Å². The van der Waals surface area contributed by atoms with Gasteiger partial charge in [0.25, 0.3) is 10.0 Å². The predicted molar refractivity (Wildman–Crippen MR) is 63.2 cm³/mol. The van der Waals surface area contributed by atoms with Crippen LogP contribution in [0.2, 0.25) is 0 Å². The Morgan fingerprint density at radius 1 is 1.44 bits per heavy atom. The average molecular weight is 257 g/mol. The number of H-pyrrole nitrogens is 1. The van der Waals surface area contributed by atoms with Crippen molar-refractivity contribution >= 4 is 27.2 Å². The zero-order chi connectivity index (χ0) is 11.8. The molecule has 0 aliphatic rings. The average Bonchev–Trinajstić information content (AvgIpc) is 2.83. The number of aryl methyl sites for hydroxylation is 1. The molecule has 2 heterocycles. The number of rotatable bonds is 3. The smallest absolute Gasteiger partial charge is 0.272 e. The third-order valence-corrected chi connectivity index (χ3v) is 4.98. The highest BCUT2D eigenvalue weighted by Crippen LogP contribution is 2.21. The van der Waals surface area contributed by atoms with E-state index in [0.717, 1.165) is 11.3 Å². The van der Waals surface area contributed by atoms with E-state index in [4.69, 9.17) is 0 Å². The monoisotopic (exact) mass is 257 g/mol. The molecule has 0 aliphatic carbocycles. The summed E-state index contributed by atoms with van der Waals surface area (Å²) >= 11 is 1.17. The van der Waals surface area contributed by atoms with Gasteiger partial charge in [-0.1, -0.05) is 6.07 Å². The SMILES string of the molecule is Cc1[nH]nc(NS(=O)(=O)c2cccs2)c1C. The molecule has 86 valence electrons. The second-order valence-corrected chi connectivity index (χ2v) is 6.22. The van der Waals surface area contributed by atoms with E-state index in [2.05, 4.69) is 14.9 Å². The second kappa shape index (κ2) is 3.91. The van der Waals surface area contributed by atoms with Gasteiger partial charge in [0.05, 0.1) is 0 Å². The number of aromatic nitrogens is 2. The van der Waals surface area contributed by atoms with Gasteiger partial charge in [-0.3, -0.25) is 9.82 Å². The molecule has 0 saturated carbocycles. The van der Waals surface area contributed by atoms with Crippen molar-refractivity contribution in [3.63, 3.8) is 0 Å². The molecule has 2 aromatic heterocycles. The van der Waals surface area contributed by atoms with Gasteiger partial charge < -0.3 is 0 Å². The molecule has 5 nitrogen and oxygen atoms in total. The first-order chi connectivity index (χ1) is 7.50. The van der Waals surface area contributed by atoms with E-state index in [1.165, 1.54) is 11.3 Å². The van der Waals surface area contributed by atoms with E-state index < -0.39 is 10.0 Å². The van der Waals surface area contributed by atoms with Gasteiger partial charge in [0.1, 0.15) is 4.21 Å². The lowest BCUT2D eigenvalue weighted by Crippen LogP contribution is -2.12. The van der Waals surface area contributed by atoms with Crippen molar-refractivity contribution in [1.82, 2.24) is 10.2 Å². The van der Waals surface area contributed by atoms with Crippen LogP contribution in [0.3, 0.4) is 0 Å². The number of hydrogen-bond donors (Lipinski definition) is 2. The summed E-state index contributed by atoms with van der Waals surface area (Å²) in [5, 5.41) is 8.35. The fourth-order valence-corrected chi connectivity index (χ4v) is 3.24. The molecular weight excluding hydrogens is 246 g/mol. The van der Waals surface area contributed by atoms with Crippen molar-refractivity contribution in [2.75, 3.05) is 4.72 Å². The Morgan fingerprint density at radius 2 is 2.19 bits per heavy atom. The largest absolute Gasteiger partial charge is 0.280 e. The first-order valence-corrected chi connectivity index (χ1v) is 6.95. The summed E-state index contributed by atoms with van der Waals surface area (Å²) in [6.45, 7) is 3.65. The molecule has 7 heteroatoms. The molecule has 2 N–H and O–H groups in total. The lowest BCUT2D eigenvalue weighted by atomic mass is 10.3. The maximum atomic E-state index is 11.9. The van der Waals surface area contributed by atoms with Crippen molar-refractivity contribution in [2.24, 2.45) is 0 Å². The number of aromatic amines is 1. The van der Waals surface area contributed by atoms with Crippen molar-refractivity contribution in [2.45, 2.75) is 18.1 Å². The van der Waals surface area contributed by atoms with Gasteiger partial charge in [-0.15, -0.1) is 11.3 Å². The fourth-order valence-electron chi connectivity index (χ4n) is 1.18. The Bertz CT molecular complexity index is 584. The summed E-state index contributed by atoms with van der Waals surface area (Å²) in [4.78, 5) is 0. The fraction of sp³-hybridized carbons (Fsp3) is 0.222. The number of anilines is 1. The Kier molecular flexibility index (Phi) is 2.73. The van der Waals surface area contributed by atoms with E-state index in [9.17, 15) is 8.42 Å². The molecule has 0 aliphatic heterocycles. The minimum Gasteiger partial charge on any atom is -0.280 e. The van der Waals surface area contributed by atoms with Crippen LogP contribution in [0.1, 0.15) is 11.3 Å². The minimum absolute atomic E-state index is 0.285. The van der Waals surface area contributed by atoms with Crippen LogP contribution >= 0.6 is 11.3 Å². The van der Waals surface area contributed by atoms with Crippen LogP contribution < -0.4 is 4.72 Å². The Balaban J connectivity index is 2.32. The molecular formula is C9H11N3O2S2. The molecule has 0 amide bonds. The number of nitrogens with zero attached hydrogens (tertiary/aromatic N) is 1. The lowest BCUT2D eigenvalue weighted by molar-refractivity contribution is 0.603. The minimum atomic E-state index is -3.49. The topological polar surface area (TPSA) is 74.8 Å². The molecule has 0 radical (unpaired) electrons. The summed E-state index contributed by atoms with van der Waals surface area (Å²) < 4.78 is 26.5. The first kappa shape index (κ1) is 11.2. The van der Waals surface area contributed by atoms with E-state index in [1.807, 2.05) is 13.8 Å². The highest BCUT2D eigenvalue weighted by atomic mass is 32.2. The van der Waals surface area contributed by atoms with E-state index in [1.54, 1.807) is 17.5 Å². The molecule has 0 saturated heterocycles. The maximum absolute atomic E-state index is 11.9. The normalized spacial score (nSPS) is 11.6. The Hall–Kier alpha value is -1.34. The predicted octanol–water partition coefficient (Wildman–Crippen LogP) is 1.89. The number of thiophene rings is 1. The molecule has 2 rings (SSSR count). The van der Waals surface area contributed by atoms with Gasteiger partial charge in [-0.25, -0.2) is 8.42 Å². The first-order valence-electron chi connectivity index (χ1n) is 4.58. The number of hydrogen-bond acceptors (Lipinski definition) is 4. The second-order valence-electron chi connectivity index (χ2n) is 3.36.